The number of hydrogen-bond donors (Lipinski definition) is 2. The van der Waals surface area contributed by atoms with Crippen LogP contribution in [0.1, 0.15) is 24.5 Å². The number of urea groups is 1. The smallest absolute Gasteiger partial charge is 0.307 e. The van der Waals surface area contributed by atoms with Gasteiger partial charge in [0.25, 0.3) is 0 Å². The number of benzene rings is 1. The van der Waals surface area contributed by atoms with Gasteiger partial charge in [0.15, 0.2) is 0 Å². The van der Waals surface area contributed by atoms with Gasteiger partial charge in [-0.25, -0.2) is 4.79 Å². The number of halogens is 1. The number of amides is 3. The molecule has 0 aromatic heterocycles. The summed E-state index contributed by atoms with van der Waals surface area (Å²) < 4.78 is 0. The standard InChI is InChI=1S/C13H17ClN2O2/c1-3-10-6-4-5-9(2)12(10)16-13(18)15-11(17)7-8-14/h4-6H,3,7-8H2,1-2H3,(H2,15,16,17,18). The van der Waals surface area contributed by atoms with Crippen LogP contribution in [0.2, 0.25) is 0 Å². The second-order valence-corrected chi connectivity index (χ2v) is 4.28. The molecule has 0 heterocycles. The zero-order valence-corrected chi connectivity index (χ0v) is 11.3. The van der Waals surface area contributed by atoms with Gasteiger partial charge in [0.2, 0.25) is 5.91 Å². The summed E-state index contributed by atoms with van der Waals surface area (Å²) >= 11 is 5.42. The molecule has 3 amide bonds. The van der Waals surface area contributed by atoms with E-state index in [9.17, 15) is 9.59 Å². The van der Waals surface area contributed by atoms with E-state index in [1.165, 1.54) is 0 Å². The Morgan fingerprint density at radius 3 is 2.67 bits per heavy atom. The first-order valence-corrected chi connectivity index (χ1v) is 6.37. The fraction of sp³-hybridized carbons (Fsp3) is 0.385. The quantitative estimate of drug-likeness (QED) is 0.825. The van der Waals surface area contributed by atoms with Crippen LogP contribution in [0.25, 0.3) is 0 Å². The molecule has 1 rings (SSSR count). The largest absolute Gasteiger partial charge is 0.325 e. The third-order valence-electron chi connectivity index (χ3n) is 2.55. The molecule has 1 aromatic carbocycles. The minimum absolute atomic E-state index is 0.128. The molecule has 0 saturated heterocycles. The van der Waals surface area contributed by atoms with E-state index in [0.29, 0.717) is 0 Å². The number of aryl methyl sites for hydroxylation is 2. The van der Waals surface area contributed by atoms with Crippen LogP contribution in [0, 0.1) is 6.92 Å². The van der Waals surface area contributed by atoms with Crippen molar-refractivity contribution in [3.05, 3.63) is 29.3 Å². The third kappa shape index (κ3) is 4.04. The number of imide groups is 1. The highest BCUT2D eigenvalue weighted by molar-refractivity contribution is 6.19. The predicted octanol–water partition coefficient (Wildman–Crippen LogP) is 2.83. The lowest BCUT2D eigenvalue weighted by Crippen LogP contribution is -2.34. The first kappa shape index (κ1) is 14.5. The molecule has 0 bridgehead atoms. The fourth-order valence-electron chi connectivity index (χ4n) is 1.62. The number of anilines is 1. The maximum Gasteiger partial charge on any atom is 0.325 e. The number of nitrogens with one attached hydrogen (secondary N) is 2. The molecule has 5 heteroatoms. The van der Waals surface area contributed by atoms with Gasteiger partial charge in [-0.05, 0) is 24.5 Å². The van der Waals surface area contributed by atoms with E-state index in [0.717, 1.165) is 23.2 Å². The minimum atomic E-state index is -0.519. The molecule has 0 unspecified atom stereocenters. The maximum atomic E-state index is 11.6. The Balaban J connectivity index is 2.72. The van der Waals surface area contributed by atoms with Crippen LogP contribution < -0.4 is 10.6 Å². The van der Waals surface area contributed by atoms with Crippen molar-refractivity contribution in [2.24, 2.45) is 0 Å². The highest BCUT2D eigenvalue weighted by atomic mass is 35.5. The summed E-state index contributed by atoms with van der Waals surface area (Å²) in [5.41, 5.74) is 2.76. The lowest BCUT2D eigenvalue weighted by Gasteiger charge is -2.13. The van der Waals surface area contributed by atoms with Crippen LogP contribution in [-0.4, -0.2) is 17.8 Å². The number of para-hydroxylation sites is 1. The van der Waals surface area contributed by atoms with E-state index in [4.69, 9.17) is 11.6 Å². The molecule has 1 aromatic rings. The number of alkyl halides is 1. The van der Waals surface area contributed by atoms with Crippen LogP contribution >= 0.6 is 11.6 Å². The highest BCUT2D eigenvalue weighted by Crippen LogP contribution is 2.20. The van der Waals surface area contributed by atoms with Crippen molar-refractivity contribution >= 4 is 29.2 Å². The summed E-state index contributed by atoms with van der Waals surface area (Å²) in [6.07, 6.45) is 0.941. The molecule has 0 aliphatic heterocycles. The number of carbonyl (C=O) groups excluding carboxylic acids is 2. The second kappa shape index (κ2) is 7.01. The SMILES string of the molecule is CCc1cccc(C)c1NC(=O)NC(=O)CCCl. The molecule has 0 spiro atoms. The van der Waals surface area contributed by atoms with Crippen LogP contribution in [0.4, 0.5) is 10.5 Å². The Kier molecular flexibility index (Phi) is 5.65. The zero-order chi connectivity index (χ0) is 13.5. The van der Waals surface area contributed by atoms with E-state index >= 15 is 0 Å². The summed E-state index contributed by atoms with van der Waals surface area (Å²) in [5.74, 6) is -0.182. The highest BCUT2D eigenvalue weighted by Gasteiger charge is 2.10. The average Bonchev–Trinajstić information content (AvgIpc) is 2.31. The Labute approximate surface area is 112 Å². The van der Waals surface area contributed by atoms with Crippen molar-refractivity contribution < 1.29 is 9.59 Å². The monoisotopic (exact) mass is 268 g/mol. The Morgan fingerprint density at radius 2 is 2.06 bits per heavy atom. The molecule has 2 N–H and O–H groups in total. The van der Waals surface area contributed by atoms with E-state index < -0.39 is 6.03 Å². The summed E-state index contributed by atoms with van der Waals surface area (Å²) in [7, 11) is 0. The van der Waals surface area contributed by atoms with Crippen LogP contribution in [0.5, 0.6) is 0 Å². The van der Waals surface area contributed by atoms with Crippen molar-refractivity contribution in [3.8, 4) is 0 Å². The van der Waals surface area contributed by atoms with Gasteiger partial charge in [-0.15, -0.1) is 11.6 Å². The Morgan fingerprint density at radius 1 is 1.33 bits per heavy atom. The molecule has 0 saturated carbocycles. The van der Waals surface area contributed by atoms with Gasteiger partial charge < -0.3 is 5.32 Å². The lowest BCUT2D eigenvalue weighted by atomic mass is 10.1. The number of rotatable bonds is 4. The molecular formula is C13H17ClN2O2. The van der Waals surface area contributed by atoms with Gasteiger partial charge in [-0.1, -0.05) is 25.1 Å². The van der Waals surface area contributed by atoms with E-state index in [-0.39, 0.29) is 18.2 Å². The van der Waals surface area contributed by atoms with E-state index in [1.54, 1.807) is 0 Å². The van der Waals surface area contributed by atoms with Gasteiger partial charge >= 0.3 is 6.03 Å². The average molecular weight is 269 g/mol. The first-order valence-electron chi connectivity index (χ1n) is 5.83. The van der Waals surface area contributed by atoms with E-state index in [2.05, 4.69) is 10.6 Å². The second-order valence-electron chi connectivity index (χ2n) is 3.90. The molecular weight excluding hydrogens is 252 g/mol. The van der Waals surface area contributed by atoms with Crippen LogP contribution in [0.3, 0.4) is 0 Å². The lowest BCUT2D eigenvalue weighted by molar-refractivity contribution is -0.119. The topological polar surface area (TPSA) is 58.2 Å². The maximum absolute atomic E-state index is 11.6. The third-order valence-corrected chi connectivity index (χ3v) is 2.74. The van der Waals surface area contributed by atoms with Crippen molar-refractivity contribution in [1.29, 1.82) is 0 Å². The summed E-state index contributed by atoms with van der Waals surface area (Å²) in [6, 6.07) is 5.28. The fourth-order valence-corrected chi connectivity index (χ4v) is 1.79. The zero-order valence-electron chi connectivity index (χ0n) is 10.5. The predicted molar refractivity (Wildman–Crippen MR) is 73.1 cm³/mol. The van der Waals surface area contributed by atoms with Crippen molar-refractivity contribution in [1.82, 2.24) is 5.32 Å². The summed E-state index contributed by atoms with van der Waals surface area (Å²) in [6.45, 7) is 3.92. The summed E-state index contributed by atoms with van der Waals surface area (Å²) in [4.78, 5) is 22.9. The van der Waals surface area contributed by atoms with Gasteiger partial charge in [-0.2, -0.15) is 0 Å². The molecule has 0 atom stereocenters. The molecule has 0 fully saturated rings. The van der Waals surface area contributed by atoms with Crippen molar-refractivity contribution in [2.75, 3.05) is 11.2 Å². The van der Waals surface area contributed by atoms with Gasteiger partial charge in [0.1, 0.15) is 0 Å². The number of carbonyl (C=O) groups is 2. The molecule has 0 radical (unpaired) electrons. The number of hydrogen-bond acceptors (Lipinski definition) is 2. The summed E-state index contributed by atoms with van der Waals surface area (Å²) in [5, 5.41) is 4.94. The first-order chi connectivity index (χ1) is 8.58. The molecule has 0 aliphatic rings. The molecule has 4 nitrogen and oxygen atoms in total. The van der Waals surface area contributed by atoms with E-state index in [1.807, 2.05) is 32.0 Å². The van der Waals surface area contributed by atoms with Crippen molar-refractivity contribution in [3.63, 3.8) is 0 Å². The molecule has 0 aliphatic carbocycles. The minimum Gasteiger partial charge on any atom is -0.307 e. The van der Waals surface area contributed by atoms with Crippen LogP contribution in [-0.2, 0) is 11.2 Å². The molecule has 98 valence electrons. The normalized spacial score (nSPS) is 9.94. The Hall–Kier alpha value is -1.55. The van der Waals surface area contributed by atoms with Crippen LogP contribution in [0.15, 0.2) is 18.2 Å². The van der Waals surface area contributed by atoms with Crippen molar-refractivity contribution in [2.45, 2.75) is 26.7 Å². The van der Waals surface area contributed by atoms with Gasteiger partial charge in [-0.3, -0.25) is 10.1 Å². The van der Waals surface area contributed by atoms with Gasteiger partial charge in [0.05, 0.1) is 0 Å². The van der Waals surface area contributed by atoms with Gasteiger partial charge in [0, 0.05) is 18.0 Å². The molecule has 18 heavy (non-hydrogen) atoms. The Bertz CT molecular complexity index is 447.